The number of piperidine rings is 1. The zero-order valence-electron chi connectivity index (χ0n) is 11.7. The number of nitrogens with zero attached hydrogens (tertiary/aromatic N) is 1. The Kier molecular flexibility index (Phi) is 5.67. The SMILES string of the molecule is CCCN1CCCC(C(C)NCc2cccs2)C1. The fourth-order valence-corrected chi connectivity index (χ4v) is 3.52. The number of hydrogen-bond donors (Lipinski definition) is 1. The van der Waals surface area contributed by atoms with E-state index in [4.69, 9.17) is 0 Å². The van der Waals surface area contributed by atoms with E-state index in [1.54, 1.807) is 0 Å². The van der Waals surface area contributed by atoms with E-state index < -0.39 is 0 Å². The summed E-state index contributed by atoms with van der Waals surface area (Å²) in [5.41, 5.74) is 0. The molecule has 0 saturated carbocycles. The van der Waals surface area contributed by atoms with Crippen LogP contribution in [0, 0.1) is 5.92 Å². The monoisotopic (exact) mass is 266 g/mol. The molecular formula is C15H26N2S. The Morgan fingerprint density at radius 2 is 2.44 bits per heavy atom. The number of nitrogens with one attached hydrogen (secondary N) is 1. The Morgan fingerprint density at radius 1 is 1.56 bits per heavy atom. The zero-order valence-corrected chi connectivity index (χ0v) is 12.5. The van der Waals surface area contributed by atoms with Crippen molar-refractivity contribution >= 4 is 11.3 Å². The first-order chi connectivity index (χ1) is 8.79. The Bertz CT molecular complexity index is 321. The van der Waals surface area contributed by atoms with E-state index in [1.807, 2.05) is 11.3 Å². The van der Waals surface area contributed by atoms with E-state index in [1.165, 1.54) is 43.8 Å². The molecular weight excluding hydrogens is 240 g/mol. The molecule has 0 aromatic carbocycles. The van der Waals surface area contributed by atoms with Crippen LogP contribution >= 0.6 is 11.3 Å². The maximum absolute atomic E-state index is 3.70. The van der Waals surface area contributed by atoms with Crippen molar-refractivity contribution in [2.75, 3.05) is 19.6 Å². The van der Waals surface area contributed by atoms with Gasteiger partial charge in [-0.3, -0.25) is 0 Å². The van der Waals surface area contributed by atoms with Gasteiger partial charge in [-0.15, -0.1) is 11.3 Å². The van der Waals surface area contributed by atoms with Crippen molar-refractivity contribution in [1.29, 1.82) is 0 Å². The molecule has 18 heavy (non-hydrogen) atoms. The van der Waals surface area contributed by atoms with Crippen LogP contribution in [-0.2, 0) is 6.54 Å². The van der Waals surface area contributed by atoms with Crippen LogP contribution in [-0.4, -0.2) is 30.6 Å². The lowest BCUT2D eigenvalue weighted by Crippen LogP contribution is -2.44. The largest absolute Gasteiger partial charge is 0.309 e. The first-order valence-corrected chi connectivity index (χ1v) is 8.15. The van der Waals surface area contributed by atoms with Crippen molar-refractivity contribution in [2.24, 2.45) is 5.92 Å². The molecule has 1 aliphatic heterocycles. The van der Waals surface area contributed by atoms with E-state index in [2.05, 4.69) is 41.6 Å². The van der Waals surface area contributed by atoms with Crippen LogP contribution < -0.4 is 5.32 Å². The number of likely N-dealkylation sites (tertiary alicyclic amines) is 1. The average molecular weight is 266 g/mol. The molecule has 2 heterocycles. The highest BCUT2D eigenvalue weighted by Gasteiger charge is 2.23. The molecule has 0 bridgehead atoms. The van der Waals surface area contributed by atoms with Crippen molar-refractivity contribution in [3.63, 3.8) is 0 Å². The zero-order chi connectivity index (χ0) is 12.8. The highest BCUT2D eigenvalue weighted by molar-refractivity contribution is 7.09. The van der Waals surface area contributed by atoms with Crippen molar-refractivity contribution in [1.82, 2.24) is 10.2 Å². The summed E-state index contributed by atoms with van der Waals surface area (Å²) in [6.07, 6.45) is 4.04. The number of thiophene rings is 1. The minimum Gasteiger partial charge on any atom is -0.309 e. The van der Waals surface area contributed by atoms with Crippen LogP contribution in [0.5, 0.6) is 0 Å². The molecule has 102 valence electrons. The third kappa shape index (κ3) is 4.08. The van der Waals surface area contributed by atoms with E-state index in [0.717, 1.165) is 12.5 Å². The number of rotatable bonds is 6. The fourth-order valence-electron chi connectivity index (χ4n) is 2.86. The molecule has 2 nitrogen and oxygen atoms in total. The quantitative estimate of drug-likeness (QED) is 0.849. The summed E-state index contributed by atoms with van der Waals surface area (Å²) in [4.78, 5) is 4.08. The van der Waals surface area contributed by atoms with Gasteiger partial charge in [-0.05, 0) is 56.6 Å². The maximum atomic E-state index is 3.70. The molecule has 0 amide bonds. The van der Waals surface area contributed by atoms with Crippen molar-refractivity contribution in [3.8, 4) is 0 Å². The van der Waals surface area contributed by atoms with Crippen LogP contribution in [0.1, 0.15) is 38.0 Å². The summed E-state index contributed by atoms with van der Waals surface area (Å²) >= 11 is 1.85. The van der Waals surface area contributed by atoms with E-state index in [9.17, 15) is 0 Å². The second-order valence-corrected chi connectivity index (χ2v) is 6.48. The van der Waals surface area contributed by atoms with Crippen LogP contribution in [0.15, 0.2) is 17.5 Å². The van der Waals surface area contributed by atoms with Crippen molar-refractivity contribution in [3.05, 3.63) is 22.4 Å². The molecule has 1 N–H and O–H groups in total. The first-order valence-electron chi connectivity index (χ1n) is 7.27. The van der Waals surface area contributed by atoms with Gasteiger partial charge in [0.15, 0.2) is 0 Å². The molecule has 2 unspecified atom stereocenters. The minimum absolute atomic E-state index is 0.631. The summed E-state index contributed by atoms with van der Waals surface area (Å²) in [6.45, 7) is 9.53. The molecule has 1 aromatic heterocycles. The summed E-state index contributed by atoms with van der Waals surface area (Å²) < 4.78 is 0. The molecule has 2 rings (SSSR count). The van der Waals surface area contributed by atoms with Crippen LogP contribution in [0.25, 0.3) is 0 Å². The van der Waals surface area contributed by atoms with E-state index in [0.29, 0.717) is 6.04 Å². The third-order valence-corrected chi connectivity index (χ3v) is 4.84. The van der Waals surface area contributed by atoms with E-state index in [-0.39, 0.29) is 0 Å². The van der Waals surface area contributed by atoms with Gasteiger partial charge in [-0.2, -0.15) is 0 Å². The Balaban J connectivity index is 1.75. The predicted molar refractivity (Wildman–Crippen MR) is 80.1 cm³/mol. The normalized spacial score (nSPS) is 23.1. The van der Waals surface area contributed by atoms with Crippen LogP contribution in [0.3, 0.4) is 0 Å². The van der Waals surface area contributed by atoms with Gasteiger partial charge in [0.1, 0.15) is 0 Å². The Labute approximate surface area is 115 Å². The van der Waals surface area contributed by atoms with Gasteiger partial charge >= 0.3 is 0 Å². The maximum Gasteiger partial charge on any atom is 0.0302 e. The lowest BCUT2D eigenvalue weighted by molar-refractivity contribution is 0.151. The average Bonchev–Trinajstić information content (AvgIpc) is 2.90. The summed E-state index contributed by atoms with van der Waals surface area (Å²) in [5, 5.41) is 5.86. The summed E-state index contributed by atoms with van der Waals surface area (Å²) in [7, 11) is 0. The number of hydrogen-bond acceptors (Lipinski definition) is 3. The molecule has 1 aliphatic rings. The van der Waals surface area contributed by atoms with Crippen molar-refractivity contribution in [2.45, 2.75) is 45.7 Å². The van der Waals surface area contributed by atoms with Gasteiger partial charge in [-0.1, -0.05) is 13.0 Å². The minimum atomic E-state index is 0.631. The third-order valence-electron chi connectivity index (χ3n) is 3.97. The fraction of sp³-hybridized carbons (Fsp3) is 0.733. The molecule has 1 fully saturated rings. The summed E-state index contributed by atoms with van der Waals surface area (Å²) in [6, 6.07) is 4.98. The second kappa shape index (κ2) is 7.27. The van der Waals surface area contributed by atoms with Crippen LogP contribution in [0.2, 0.25) is 0 Å². The molecule has 0 aliphatic carbocycles. The Hall–Kier alpha value is -0.380. The van der Waals surface area contributed by atoms with Gasteiger partial charge in [0.2, 0.25) is 0 Å². The van der Waals surface area contributed by atoms with Gasteiger partial charge in [-0.25, -0.2) is 0 Å². The van der Waals surface area contributed by atoms with E-state index >= 15 is 0 Å². The van der Waals surface area contributed by atoms with Gasteiger partial charge in [0.05, 0.1) is 0 Å². The molecule has 1 aromatic rings. The van der Waals surface area contributed by atoms with Gasteiger partial charge in [0.25, 0.3) is 0 Å². The Morgan fingerprint density at radius 3 is 3.17 bits per heavy atom. The second-order valence-electron chi connectivity index (χ2n) is 5.45. The lowest BCUT2D eigenvalue weighted by Gasteiger charge is -2.36. The molecule has 3 heteroatoms. The molecule has 0 spiro atoms. The highest BCUT2D eigenvalue weighted by atomic mass is 32.1. The molecule has 1 saturated heterocycles. The highest BCUT2D eigenvalue weighted by Crippen LogP contribution is 2.20. The standard InChI is InChI=1S/C15H26N2S/c1-3-8-17-9-4-6-14(12-17)13(2)16-11-15-7-5-10-18-15/h5,7,10,13-14,16H,3-4,6,8-9,11-12H2,1-2H3. The smallest absolute Gasteiger partial charge is 0.0302 e. The first kappa shape index (κ1) is 14.0. The van der Waals surface area contributed by atoms with Crippen LogP contribution in [0.4, 0.5) is 0 Å². The lowest BCUT2D eigenvalue weighted by atomic mass is 9.91. The van der Waals surface area contributed by atoms with Gasteiger partial charge in [0, 0.05) is 24.0 Å². The van der Waals surface area contributed by atoms with Crippen molar-refractivity contribution < 1.29 is 0 Å². The topological polar surface area (TPSA) is 15.3 Å². The van der Waals surface area contributed by atoms with Gasteiger partial charge < -0.3 is 10.2 Å². The summed E-state index contributed by atoms with van der Waals surface area (Å²) in [5.74, 6) is 0.824. The molecule has 2 atom stereocenters. The molecule has 0 radical (unpaired) electrons. The predicted octanol–water partition coefficient (Wildman–Crippen LogP) is 3.35.